The van der Waals surface area contributed by atoms with Crippen molar-refractivity contribution in [3.05, 3.63) is 34.8 Å². The van der Waals surface area contributed by atoms with Crippen molar-refractivity contribution in [3.8, 4) is 0 Å². The quantitative estimate of drug-likeness (QED) is 0.763. The third kappa shape index (κ3) is 3.66. The Bertz CT molecular complexity index is 854. The minimum atomic E-state index is -0.285. The Kier molecular flexibility index (Phi) is 5.29. The number of benzene rings is 1. The topological polar surface area (TPSA) is 51.7 Å². The molecule has 7 heteroatoms. The number of carbonyl (C=O) groups is 1. The van der Waals surface area contributed by atoms with Gasteiger partial charge in [-0.05, 0) is 37.1 Å². The van der Waals surface area contributed by atoms with E-state index in [4.69, 9.17) is 9.47 Å². The van der Waals surface area contributed by atoms with E-state index < -0.39 is 0 Å². The van der Waals surface area contributed by atoms with Crippen LogP contribution in [-0.2, 0) is 26.3 Å². The van der Waals surface area contributed by atoms with Gasteiger partial charge in [0.1, 0.15) is 5.60 Å². The van der Waals surface area contributed by atoms with E-state index in [1.54, 1.807) is 35.1 Å². The lowest BCUT2D eigenvalue weighted by atomic mass is 9.89. The summed E-state index contributed by atoms with van der Waals surface area (Å²) in [5.74, 6) is 0.183. The van der Waals surface area contributed by atoms with Gasteiger partial charge in [0.25, 0.3) is 0 Å². The molecule has 1 fully saturated rings. The zero-order chi connectivity index (χ0) is 19.0. The van der Waals surface area contributed by atoms with Crippen molar-refractivity contribution in [2.24, 2.45) is 0 Å². The summed E-state index contributed by atoms with van der Waals surface area (Å²) in [6.45, 7) is 2.81. The second-order valence-electron chi connectivity index (χ2n) is 7.17. The van der Waals surface area contributed by atoms with Gasteiger partial charge in [0, 0.05) is 50.2 Å². The fraction of sp³-hybridized carbons (Fsp3) is 0.500. The summed E-state index contributed by atoms with van der Waals surface area (Å²) in [7, 11) is 3.63. The number of nitrogens with zero attached hydrogens (tertiary/aromatic N) is 2. The fourth-order valence-electron chi connectivity index (χ4n) is 3.87. The highest BCUT2D eigenvalue weighted by atomic mass is 32.2. The average Bonchev–Trinajstić information content (AvgIpc) is 3.14. The van der Waals surface area contributed by atoms with Crippen LogP contribution in [0.1, 0.15) is 36.6 Å². The van der Waals surface area contributed by atoms with Crippen molar-refractivity contribution in [1.29, 1.82) is 0 Å². The fourth-order valence-corrected chi connectivity index (χ4v) is 6.10. The van der Waals surface area contributed by atoms with Crippen molar-refractivity contribution >= 4 is 34.7 Å². The molecule has 27 heavy (non-hydrogen) atoms. The Hall–Kier alpha value is -1.41. The molecule has 0 aliphatic carbocycles. The molecule has 1 aromatic carbocycles. The number of hydrogen-bond acceptors (Lipinski definition) is 6. The summed E-state index contributed by atoms with van der Waals surface area (Å²) in [5.41, 5.74) is 1.96. The molecule has 2 aromatic rings. The van der Waals surface area contributed by atoms with Crippen LogP contribution >= 0.6 is 23.1 Å². The maximum atomic E-state index is 11.9. The molecule has 2 atom stereocenters. The molecule has 1 saturated heterocycles. The molecular weight excluding hydrogens is 380 g/mol. The first-order valence-corrected chi connectivity index (χ1v) is 10.8. The molecule has 1 aromatic heterocycles. The van der Waals surface area contributed by atoms with Crippen molar-refractivity contribution < 1.29 is 14.3 Å². The molecule has 144 valence electrons. The van der Waals surface area contributed by atoms with Gasteiger partial charge in [-0.15, -0.1) is 11.3 Å². The van der Waals surface area contributed by atoms with Crippen molar-refractivity contribution in [2.45, 2.75) is 53.5 Å². The van der Waals surface area contributed by atoms with E-state index in [9.17, 15) is 4.79 Å². The lowest BCUT2D eigenvalue weighted by molar-refractivity contribution is -0.120. The monoisotopic (exact) mass is 404 g/mol. The normalized spacial score (nSPS) is 25.5. The third-order valence-corrected chi connectivity index (χ3v) is 7.70. The lowest BCUT2D eigenvalue weighted by Crippen LogP contribution is -2.38. The molecular formula is C20H24N2O3S2. The minimum Gasteiger partial charge on any atom is -0.378 e. The Labute approximate surface area is 168 Å². The first-order valence-electron chi connectivity index (χ1n) is 9.21. The highest BCUT2D eigenvalue weighted by Gasteiger charge is 2.39. The van der Waals surface area contributed by atoms with E-state index in [1.165, 1.54) is 10.4 Å². The predicted octanol–water partition coefficient (Wildman–Crippen LogP) is 4.24. The smallest absolute Gasteiger partial charge is 0.227 e. The zero-order valence-electron chi connectivity index (χ0n) is 15.9. The van der Waals surface area contributed by atoms with Gasteiger partial charge in [-0.2, -0.15) is 0 Å². The number of carbonyl (C=O) groups excluding carboxylic acids is 1. The Morgan fingerprint density at radius 2 is 2.26 bits per heavy atom. The van der Waals surface area contributed by atoms with Crippen LogP contribution in [0.3, 0.4) is 0 Å². The Morgan fingerprint density at radius 3 is 3.04 bits per heavy atom. The predicted molar refractivity (Wildman–Crippen MR) is 108 cm³/mol. The third-order valence-electron chi connectivity index (χ3n) is 5.45. The molecule has 0 N–H and O–H groups in total. The van der Waals surface area contributed by atoms with Gasteiger partial charge < -0.3 is 14.4 Å². The van der Waals surface area contributed by atoms with Gasteiger partial charge in [0.15, 0.2) is 4.34 Å². The molecule has 0 radical (unpaired) electrons. The molecule has 2 aliphatic rings. The number of amides is 1. The zero-order valence-corrected chi connectivity index (χ0v) is 17.5. The average molecular weight is 405 g/mol. The number of thiazole rings is 1. The number of anilines is 1. The summed E-state index contributed by atoms with van der Waals surface area (Å²) < 4.78 is 12.7. The summed E-state index contributed by atoms with van der Waals surface area (Å²) in [5, 5.41) is 0. The maximum absolute atomic E-state index is 11.9. The number of rotatable bonds is 4. The minimum absolute atomic E-state index is 0.183. The molecule has 2 aliphatic heterocycles. The molecule has 5 nitrogen and oxygen atoms in total. The first-order chi connectivity index (χ1) is 13.0. The first kappa shape index (κ1) is 18.9. The molecule has 0 spiro atoms. The van der Waals surface area contributed by atoms with E-state index >= 15 is 0 Å². The largest absolute Gasteiger partial charge is 0.378 e. The van der Waals surface area contributed by atoms with Crippen LogP contribution in [-0.4, -0.2) is 37.8 Å². The highest BCUT2D eigenvalue weighted by Crippen LogP contribution is 2.43. The van der Waals surface area contributed by atoms with Gasteiger partial charge in [0.05, 0.1) is 17.6 Å². The molecule has 0 bridgehead atoms. The van der Waals surface area contributed by atoms with E-state index in [1.807, 2.05) is 19.3 Å². The van der Waals surface area contributed by atoms with Gasteiger partial charge in [-0.3, -0.25) is 4.79 Å². The molecule has 0 saturated carbocycles. The van der Waals surface area contributed by atoms with Crippen LogP contribution in [0.4, 0.5) is 5.69 Å². The van der Waals surface area contributed by atoms with Crippen LogP contribution in [0.2, 0.25) is 0 Å². The SMILES string of the molecule is COC1(c2cnc(Sc3ccc4c(c3)CCC(=O)N4C)s2)CCOC(C)C1. The van der Waals surface area contributed by atoms with Crippen LogP contribution in [0.15, 0.2) is 33.6 Å². The van der Waals surface area contributed by atoms with E-state index in [0.717, 1.165) is 34.2 Å². The second-order valence-corrected chi connectivity index (χ2v) is 9.52. The summed E-state index contributed by atoms with van der Waals surface area (Å²) in [6.07, 6.45) is 5.25. The number of ether oxygens (including phenoxy) is 2. The molecule has 2 unspecified atom stereocenters. The Morgan fingerprint density at radius 1 is 1.41 bits per heavy atom. The van der Waals surface area contributed by atoms with E-state index in [2.05, 4.69) is 24.0 Å². The molecule has 3 heterocycles. The number of hydrogen-bond donors (Lipinski definition) is 0. The standard InChI is InChI=1S/C20H24N2O3S2/c1-13-11-20(24-3,8-9-25-13)17-12-21-19(27-17)26-15-5-6-16-14(10-15)4-7-18(23)22(16)2/h5-6,10,12-13H,4,7-9,11H2,1-3H3. The van der Waals surface area contributed by atoms with Crippen molar-refractivity contribution in [1.82, 2.24) is 4.98 Å². The summed E-state index contributed by atoms with van der Waals surface area (Å²) in [6, 6.07) is 6.30. The molecule has 4 rings (SSSR count). The number of aromatic nitrogens is 1. The van der Waals surface area contributed by atoms with E-state index in [-0.39, 0.29) is 17.6 Å². The van der Waals surface area contributed by atoms with Crippen LogP contribution in [0, 0.1) is 0 Å². The highest BCUT2D eigenvalue weighted by molar-refractivity contribution is 8.01. The van der Waals surface area contributed by atoms with E-state index in [0.29, 0.717) is 13.0 Å². The number of fused-ring (bicyclic) bond motifs is 1. The lowest BCUT2D eigenvalue weighted by Gasteiger charge is -2.37. The van der Waals surface area contributed by atoms with Crippen molar-refractivity contribution in [3.63, 3.8) is 0 Å². The number of methoxy groups -OCH3 is 1. The summed E-state index contributed by atoms with van der Waals surface area (Å²) in [4.78, 5) is 20.6. The summed E-state index contributed by atoms with van der Waals surface area (Å²) >= 11 is 3.38. The molecule has 1 amide bonds. The van der Waals surface area contributed by atoms with Gasteiger partial charge in [0.2, 0.25) is 5.91 Å². The van der Waals surface area contributed by atoms with Crippen LogP contribution in [0.25, 0.3) is 0 Å². The van der Waals surface area contributed by atoms with Crippen molar-refractivity contribution in [2.75, 3.05) is 25.7 Å². The maximum Gasteiger partial charge on any atom is 0.227 e. The Balaban J connectivity index is 1.54. The second kappa shape index (κ2) is 7.54. The van der Waals surface area contributed by atoms with Gasteiger partial charge >= 0.3 is 0 Å². The van der Waals surface area contributed by atoms with Crippen LogP contribution < -0.4 is 4.90 Å². The van der Waals surface area contributed by atoms with Gasteiger partial charge in [-0.1, -0.05) is 11.8 Å². The number of aryl methyl sites for hydroxylation is 1. The van der Waals surface area contributed by atoms with Crippen LogP contribution in [0.5, 0.6) is 0 Å². The van der Waals surface area contributed by atoms with Gasteiger partial charge in [-0.25, -0.2) is 4.98 Å².